The lowest BCUT2D eigenvalue weighted by atomic mass is 10.2. The van der Waals surface area contributed by atoms with Crippen LogP contribution in [0.5, 0.6) is 5.75 Å². The Labute approximate surface area is 205 Å². The highest BCUT2D eigenvalue weighted by Gasteiger charge is 2.17. The lowest BCUT2D eigenvalue weighted by Crippen LogP contribution is -2.38. The molecule has 1 fully saturated rings. The fourth-order valence-electron chi connectivity index (χ4n) is 4.05. The number of benzene rings is 2. The summed E-state index contributed by atoms with van der Waals surface area (Å²) >= 11 is 0. The molecule has 0 N–H and O–H groups in total. The number of hydrogen-bond acceptors (Lipinski definition) is 8. The highest BCUT2D eigenvalue weighted by molar-refractivity contribution is 5.73. The average Bonchev–Trinajstić information content (AvgIpc) is 2.92. The Morgan fingerprint density at radius 2 is 1.72 bits per heavy atom. The van der Waals surface area contributed by atoms with E-state index < -0.39 is 17.1 Å². The van der Waals surface area contributed by atoms with E-state index in [9.17, 15) is 14.0 Å². The Hall–Kier alpha value is -3.96. The van der Waals surface area contributed by atoms with Crippen LogP contribution in [0.2, 0.25) is 0 Å². The fourth-order valence-corrected chi connectivity index (χ4v) is 4.05. The molecule has 11 heteroatoms. The SMILES string of the molecule is Cn1c(=O)c2nc(-c3ccc(OCCCN4CCOCC4)cc3)nnc2n(-c2ccc(F)cc2)c1=O. The first-order valence-corrected chi connectivity index (χ1v) is 11.7. The maximum absolute atomic E-state index is 13.4. The number of fused-ring (bicyclic) bond motifs is 1. The highest BCUT2D eigenvalue weighted by atomic mass is 19.1. The molecular formula is C25H25FN6O4. The van der Waals surface area contributed by atoms with Crippen LogP contribution in [0.3, 0.4) is 0 Å². The van der Waals surface area contributed by atoms with Crippen molar-refractivity contribution in [2.45, 2.75) is 6.42 Å². The van der Waals surface area contributed by atoms with Gasteiger partial charge in [-0.25, -0.2) is 18.7 Å². The van der Waals surface area contributed by atoms with Gasteiger partial charge in [0.15, 0.2) is 17.0 Å². The quantitative estimate of drug-likeness (QED) is 0.360. The van der Waals surface area contributed by atoms with E-state index in [1.807, 2.05) is 12.1 Å². The molecule has 1 saturated heterocycles. The summed E-state index contributed by atoms with van der Waals surface area (Å²) in [5.41, 5.74) is -0.246. The van der Waals surface area contributed by atoms with Crippen LogP contribution in [-0.2, 0) is 11.8 Å². The van der Waals surface area contributed by atoms with Gasteiger partial charge in [-0.3, -0.25) is 14.3 Å². The van der Waals surface area contributed by atoms with E-state index in [-0.39, 0.29) is 17.0 Å². The monoisotopic (exact) mass is 492 g/mol. The molecule has 5 rings (SSSR count). The number of morpholine rings is 1. The Kier molecular flexibility index (Phi) is 6.83. The summed E-state index contributed by atoms with van der Waals surface area (Å²) in [7, 11) is 1.36. The van der Waals surface area contributed by atoms with Gasteiger partial charge in [-0.05, 0) is 55.0 Å². The van der Waals surface area contributed by atoms with E-state index in [2.05, 4.69) is 20.1 Å². The van der Waals surface area contributed by atoms with E-state index in [0.717, 1.165) is 49.6 Å². The Bertz CT molecular complexity index is 1480. The van der Waals surface area contributed by atoms with Crippen molar-refractivity contribution in [3.63, 3.8) is 0 Å². The molecule has 0 bridgehead atoms. The summed E-state index contributed by atoms with van der Waals surface area (Å²) < 4.78 is 26.7. The van der Waals surface area contributed by atoms with E-state index in [1.54, 1.807) is 12.1 Å². The second-order valence-electron chi connectivity index (χ2n) is 8.45. The molecular weight excluding hydrogens is 467 g/mol. The molecule has 10 nitrogen and oxygen atoms in total. The van der Waals surface area contributed by atoms with Crippen molar-refractivity contribution in [1.29, 1.82) is 0 Å². The van der Waals surface area contributed by atoms with Crippen LogP contribution in [0.15, 0.2) is 58.1 Å². The zero-order valence-corrected chi connectivity index (χ0v) is 19.8. The third kappa shape index (κ3) is 4.88. The molecule has 3 heterocycles. The number of rotatable bonds is 7. The minimum Gasteiger partial charge on any atom is -0.494 e. The van der Waals surface area contributed by atoms with Gasteiger partial charge in [0, 0.05) is 32.2 Å². The number of ether oxygens (including phenoxy) is 2. The number of aromatic nitrogens is 5. The Balaban J connectivity index is 1.36. The molecule has 0 aliphatic carbocycles. The van der Waals surface area contributed by atoms with Crippen molar-refractivity contribution in [2.75, 3.05) is 39.5 Å². The van der Waals surface area contributed by atoms with Crippen molar-refractivity contribution in [3.05, 3.63) is 75.2 Å². The first-order valence-electron chi connectivity index (χ1n) is 11.7. The van der Waals surface area contributed by atoms with Gasteiger partial charge in [-0.15, -0.1) is 10.2 Å². The van der Waals surface area contributed by atoms with Crippen LogP contribution in [0.25, 0.3) is 28.2 Å². The summed E-state index contributed by atoms with van der Waals surface area (Å²) in [6, 6.07) is 12.5. The van der Waals surface area contributed by atoms with Crippen molar-refractivity contribution >= 4 is 11.2 Å². The lowest BCUT2D eigenvalue weighted by Gasteiger charge is -2.26. The van der Waals surface area contributed by atoms with Crippen molar-refractivity contribution in [1.82, 2.24) is 29.2 Å². The summed E-state index contributed by atoms with van der Waals surface area (Å²) in [5, 5.41) is 8.30. The van der Waals surface area contributed by atoms with Crippen molar-refractivity contribution in [2.24, 2.45) is 7.05 Å². The van der Waals surface area contributed by atoms with Crippen LogP contribution in [0.1, 0.15) is 6.42 Å². The maximum Gasteiger partial charge on any atom is 0.337 e. The Morgan fingerprint density at radius 3 is 2.44 bits per heavy atom. The third-order valence-corrected chi connectivity index (χ3v) is 6.05. The zero-order valence-electron chi connectivity index (χ0n) is 19.8. The first kappa shape index (κ1) is 23.8. The van der Waals surface area contributed by atoms with Gasteiger partial charge >= 0.3 is 5.69 Å². The molecule has 0 atom stereocenters. The van der Waals surface area contributed by atoms with Crippen molar-refractivity contribution < 1.29 is 13.9 Å². The highest BCUT2D eigenvalue weighted by Crippen LogP contribution is 2.20. The van der Waals surface area contributed by atoms with Crippen molar-refractivity contribution in [3.8, 4) is 22.8 Å². The molecule has 4 aromatic rings. The second-order valence-corrected chi connectivity index (χ2v) is 8.45. The average molecular weight is 493 g/mol. The smallest absolute Gasteiger partial charge is 0.337 e. The topological polar surface area (TPSA) is 104 Å². The van der Waals surface area contributed by atoms with Crippen LogP contribution < -0.4 is 16.0 Å². The molecule has 0 amide bonds. The van der Waals surface area contributed by atoms with Crippen LogP contribution >= 0.6 is 0 Å². The van der Waals surface area contributed by atoms with E-state index >= 15 is 0 Å². The summed E-state index contributed by atoms with van der Waals surface area (Å²) in [6.07, 6.45) is 0.915. The molecule has 36 heavy (non-hydrogen) atoms. The molecule has 0 spiro atoms. The number of halogens is 1. The van der Waals surface area contributed by atoms with Gasteiger partial charge in [0.25, 0.3) is 5.56 Å². The van der Waals surface area contributed by atoms with Crippen LogP contribution in [-0.4, -0.2) is 68.7 Å². The number of hydrogen-bond donors (Lipinski definition) is 0. The standard InChI is InChI=1S/C25H25FN6O4/c1-30-24(33)21-23(32(25(30)34)19-7-5-18(26)6-8-19)29-28-22(27-21)17-3-9-20(10-4-17)36-14-2-11-31-12-15-35-16-13-31/h3-10H,2,11-16H2,1H3. The second kappa shape index (κ2) is 10.3. The van der Waals surface area contributed by atoms with E-state index in [0.29, 0.717) is 17.9 Å². The van der Waals surface area contributed by atoms with Crippen LogP contribution in [0, 0.1) is 5.82 Å². The zero-order chi connectivity index (χ0) is 25.1. The van der Waals surface area contributed by atoms with E-state index in [1.165, 1.54) is 35.9 Å². The van der Waals surface area contributed by atoms with E-state index in [4.69, 9.17) is 9.47 Å². The molecule has 186 valence electrons. The summed E-state index contributed by atoms with van der Waals surface area (Å²) in [5.74, 6) is 0.509. The predicted molar refractivity (Wildman–Crippen MR) is 131 cm³/mol. The van der Waals surface area contributed by atoms with Gasteiger partial charge < -0.3 is 9.47 Å². The molecule has 1 aliphatic heterocycles. The minimum absolute atomic E-state index is 0.00122. The van der Waals surface area contributed by atoms with Gasteiger partial charge in [0.2, 0.25) is 0 Å². The summed E-state index contributed by atoms with van der Waals surface area (Å²) in [4.78, 5) is 32.4. The maximum atomic E-state index is 13.4. The fraction of sp³-hybridized carbons (Fsp3) is 0.320. The first-order chi connectivity index (χ1) is 17.5. The van der Waals surface area contributed by atoms with Gasteiger partial charge in [-0.1, -0.05) is 0 Å². The largest absolute Gasteiger partial charge is 0.494 e. The summed E-state index contributed by atoms with van der Waals surface area (Å²) in [6.45, 7) is 5.04. The predicted octanol–water partition coefficient (Wildman–Crippen LogP) is 1.78. The minimum atomic E-state index is -0.627. The molecule has 2 aromatic carbocycles. The lowest BCUT2D eigenvalue weighted by molar-refractivity contribution is 0.0358. The van der Waals surface area contributed by atoms with Gasteiger partial charge in [-0.2, -0.15) is 0 Å². The van der Waals surface area contributed by atoms with Gasteiger partial charge in [0.05, 0.1) is 25.5 Å². The normalized spacial score (nSPS) is 14.3. The number of nitrogens with zero attached hydrogens (tertiary/aromatic N) is 6. The molecule has 0 radical (unpaired) electrons. The van der Waals surface area contributed by atoms with Crippen LogP contribution in [0.4, 0.5) is 4.39 Å². The Morgan fingerprint density at radius 1 is 1.00 bits per heavy atom. The molecule has 2 aromatic heterocycles. The molecule has 0 unspecified atom stereocenters. The third-order valence-electron chi connectivity index (χ3n) is 6.05. The molecule has 1 aliphatic rings. The molecule has 0 saturated carbocycles. The van der Waals surface area contributed by atoms with Gasteiger partial charge in [0.1, 0.15) is 11.6 Å².